The highest BCUT2D eigenvalue weighted by molar-refractivity contribution is 7.92. The number of rotatable bonds is 7. The van der Waals surface area contributed by atoms with Crippen molar-refractivity contribution < 1.29 is 31.9 Å². The molecule has 3 amide bonds. The third-order valence-corrected chi connectivity index (χ3v) is 5.64. The number of carbonyl (C=O) groups excluding carboxylic acids is 3. The molecule has 172 valence electrons. The van der Waals surface area contributed by atoms with E-state index < -0.39 is 39.9 Å². The molecule has 0 spiro atoms. The summed E-state index contributed by atoms with van der Waals surface area (Å²) in [6.07, 6.45) is -1.31. The maximum atomic E-state index is 13.1. The first-order valence-corrected chi connectivity index (χ1v) is 11.1. The smallest absolute Gasteiger partial charge is 0.338 e. The number of hydrogen-bond donors (Lipinski definition) is 3. The summed E-state index contributed by atoms with van der Waals surface area (Å²) < 4.78 is 45.9. The van der Waals surface area contributed by atoms with Crippen molar-refractivity contribution in [1.82, 2.24) is 10.6 Å². The molecule has 0 heterocycles. The number of nitrogens with one attached hydrogen (secondary N) is 3. The summed E-state index contributed by atoms with van der Waals surface area (Å²) in [5.74, 6) is -2.31. The molecule has 0 aliphatic heterocycles. The Balaban J connectivity index is 2.15. The fourth-order valence-electron chi connectivity index (χ4n) is 2.54. The van der Waals surface area contributed by atoms with Gasteiger partial charge in [-0.1, -0.05) is 6.07 Å². The van der Waals surface area contributed by atoms with Gasteiger partial charge in [0.1, 0.15) is 5.82 Å². The van der Waals surface area contributed by atoms with E-state index in [4.69, 9.17) is 4.74 Å². The van der Waals surface area contributed by atoms with E-state index in [1.807, 2.05) is 5.32 Å². The molecule has 2 aromatic carbocycles. The van der Waals surface area contributed by atoms with Gasteiger partial charge in [0.25, 0.3) is 15.9 Å². The molecule has 0 aliphatic rings. The van der Waals surface area contributed by atoms with Crippen LogP contribution in [0.4, 0.5) is 14.9 Å². The molecule has 32 heavy (non-hydrogen) atoms. The topological polar surface area (TPSA) is 131 Å². The lowest BCUT2D eigenvalue weighted by atomic mass is 10.1. The molecule has 0 radical (unpaired) electrons. The Labute approximate surface area is 185 Å². The van der Waals surface area contributed by atoms with E-state index in [2.05, 4.69) is 10.0 Å². The summed E-state index contributed by atoms with van der Waals surface area (Å²) in [5, 5.41) is 4.51. The lowest BCUT2D eigenvalue weighted by Crippen LogP contribution is -2.46. The third-order valence-electron chi connectivity index (χ3n) is 4.12. The second-order valence-corrected chi connectivity index (χ2v) is 8.91. The quantitative estimate of drug-likeness (QED) is 0.539. The Hall–Kier alpha value is -3.47. The lowest BCUT2D eigenvalue weighted by molar-refractivity contribution is -0.127. The van der Waals surface area contributed by atoms with Crippen LogP contribution in [0.2, 0.25) is 0 Å². The second kappa shape index (κ2) is 10.2. The van der Waals surface area contributed by atoms with Crippen LogP contribution in [-0.2, 0) is 19.6 Å². The Morgan fingerprint density at radius 1 is 1.00 bits per heavy atom. The minimum Gasteiger partial charge on any atom is -0.449 e. The number of ether oxygens (including phenoxy) is 1. The molecular weight excluding hydrogens is 441 g/mol. The molecule has 0 bridgehead atoms. The Bertz CT molecular complexity index is 1120. The van der Waals surface area contributed by atoms with Gasteiger partial charge in [-0.3, -0.25) is 14.8 Å². The first-order valence-electron chi connectivity index (χ1n) is 9.60. The van der Waals surface area contributed by atoms with Gasteiger partial charge >= 0.3 is 12.0 Å². The summed E-state index contributed by atoms with van der Waals surface area (Å²) in [7, 11) is -4.10. The highest BCUT2D eigenvalue weighted by Gasteiger charge is 2.24. The zero-order valence-corrected chi connectivity index (χ0v) is 18.7. The molecule has 11 heteroatoms. The maximum Gasteiger partial charge on any atom is 0.338 e. The summed E-state index contributed by atoms with van der Waals surface area (Å²) in [5.41, 5.74) is 0.386. The summed E-state index contributed by atoms with van der Waals surface area (Å²) >= 11 is 0. The van der Waals surface area contributed by atoms with E-state index in [1.54, 1.807) is 13.8 Å². The van der Waals surface area contributed by atoms with Gasteiger partial charge in [0.05, 0.1) is 10.5 Å². The van der Waals surface area contributed by atoms with Gasteiger partial charge in [-0.25, -0.2) is 22.4 Å². The zero-order chi connectivity index (χ0) is 24.1. The molecule has 1 unspecified atom stereocenters. The summed E-state index contributed by atoms with van der Waals surface area (Å²) in [6, 6.07) is 7.67. The number of halogens is 1. The fourth-order valence-corrected chi connectivity index (χ4v) is 3.87. The predicted octanol–water partition coefficient (Wildman–Crippen LogP) is 2.71. The van der Waals surface area contributed by atoms with E-state index in [1.165, 1.54) is 38.1 Å². The largest absolute Gasteiger partial charge is 0.449 e. The number of sulfonamides is 1. The zero-order valence-electron chi connectivity index (χ0n) is 17.9. The Morgan fingerprint density at radius 2 is 1.62 bits per heavy atom. The van der Waals surface area contributed by atoms with Crippen molar-refractivity contribution >= 4 is 33.6 Å². The number of hydrogen-bond acceptors (Lipinski definition) is 6. The van der Waals surface area contributed by atoms with Crippen LogP contribution < -0.4 is 15.4 Å². The number of imide groups is 1. The van der Waals surface area contributed by atoms with E-state index in [0.29, 0.717) is 5.56 Å². The van der Waals surface area contributed by atoms with Crippen LogP contribution >= 0.6 is 0 Å². The second-order valence-electron chi connectivity index (χ2n) is 7.26. The van der Waals surface area contributed by atoms with Crippen LogP contribution in [0, 0.1) is 12.7 Å². The van der Waals surface area contributed by atoms with Gasteiger partial charge in [0.15, 0.2) is 6.10 Å². The monoisotopic (exact) mass is 465 g/mol. The van der Waals surface area contributed by atoms with Gasteiger partial charge in [-0.05, 0) is 69.7 Å². The van der Waals surface area contributed by atoms with Crippen LogP contribution in [0.5, 0.6) is 0 Å². The highest BCUT2D eigenvalue weighted by Crippen LogP contribution is 2.22. The molecule has 2 aromatic rings. The Kier molecular flexibility index (Phi) is 7.92. The van der Waals surface area contributed by atoms with Crippen molar-refractivity contribution in [2.75, 3.05) is 4.72 Å². The molecule has 1 atom stereocenters. The maximum absolute atomic E-state index is 13.1. The SMILES string of the molecule is Cc1ccc(C(=O)OC(C)C(=O)NC(=O)NC(C)C)cc1S(=O)(=O)Nc1ccc(F)cc1. The van der Waals surface area contributed by atoms with Gasteiger partial charge in [0.2, 0.25) is 0 Å². The van der Waals surface area contributed by atoms with Gasteiger partial charge in [0, 0.05) is 11.7 Å². The molecule has 0 saturated heterocycles. The number of aryl methyl sites for hydroxylation is 1. The minimum absolute atomic E-state index is 0.110. The van der Waals surface area contributed by atoms with Gasteiger partial charge in [-0.15, -0.1) is 0 Å². The number of carbonyl (C=O) groups is 3. The third kappa shape index (κ3) is 6.77. The predicted molar refractivity (Wildman–Crippen MR) is 115 cm³/mol. The van der Waals surface area contributed by atoms with Crippen LogP contribution in [-0.4, -0.2) is 38.5 Å². The van der Waals surface area contributed by atoms with Crippen molar-refractivity contribution in [1.29, 1.82) is 0 Å². The molecule has 0 fully saturated rings. The van der Waals surface area contributed by atoms with Crippen molar-refractivity contribution in [3.8, 4) is 0 Å². The van der Waals surface area contributed by atoms with Crippen molar-refractivity contribution in [2.45, 2.75) is 44.7 Å². The number of esters is 1. The number of urea groups is 1. The fraction of sp³-hybridized carbons (Fsp3) is 0.286. The molecule has 2 rings (SSSR count). The molecular formula is C21H24FN3O6S. The van der Waals surface area contributed by atoms with Crippen LogP contribution in [0.25, 0.3) is 0 Å². The van der Waals surface area contributed by atoms with Crippen molar-refractivity contribution in [3.63, 3.8) is 0 Å². The summed E-state index contributed by atoms with van der Waals surface area (Å²) in [6.45, 7) is 6.23. The van der Waals surface area contributed by atoms with Crippen molar-refractivity contribution in [3.05, 3.63) is 59.4 Å². The van der Waals surface area contributed by atoms with Gasteiger partial charge in [-0.2, -0.15) is 0 Å². The number of amides is 3. The molecule has 0 aromatic heterocycles. The van der Waals surface area contributed by atoms with Crippen LogP contribution in [0.3, 0.4) is 0 Å². The Morgan fingerprint density at radius 3 is 2.22 bits per heavy atom. The average molecular weight is 466 g/mol. The molecule has 0 saturated carbocycles. The minimum atomic E-state index is -4.10. The highest BCUT2D eigenvalue weighted by atomic mass is 32.2. The van der Waals surface area contributed by atoms with E-state index in [9.17, 15) is 27.2 Å². The lowest BCUT2D eigenvalue weighted by Gasteiger charge is -2.15. The van der Waals surface area contributed by atoms with Crippen LogP contribution in [0.15, 0.2) is 47.4 Å². The van der Waals surface area contributed by atoms with Crippen molar-refractivity contribution in [2.24, 2.45) is 0 Å². The average Bonchev–Trinajstić information content (AvgIpc) is 2.68. The van der Waals surface area contributed by atoms with E-state index in [-0.39, 0.29) is 22.2 Å². The first kappa shape index (κ1) is 24.8. The molecule has 9 nitrogen and oxygen atoms in total. The standard InChI is InChI=1S/C21H24FN3O6S/c1-12(2)23-21(28)24-19(26)14(4)31-20(27)15-6-5-13(3)18(11-15)32(29,30)25-17-9-7-16(22)8-10-17/h5-12,14,25H,1-4H3,(H2,23,24,26,28). The molecule has 3 N–H and O–H groups in total. The first-order chi connectivity index (χ1) is 14.9. The number of anilines is 1. The summed E-state index contributed by atoms with van der Waals surface area (Å²) in [4.78, 5) is 35.9. The van der Waals surface area contributed by atoms with Crippen LogP contribution in [0.1, 0.15) is 36.7 Å². The van der Waals surface area contributed by atoms with Gasteiger partial charge < -0.3 is 10.1 Å². The van der Waals surface area contributed by atoms with E-state index in [0.717, 1.165) is 18.2 Å². The normalized spacial score (nSPS) is 12.1. The van der Waals surface area contributed by atoms with E-state index >= 15 is 0 Å². The molecule has 0 aliphatic carbocycles. The number of benzene rings is 2.